The van der Waals surface area contributed by atoms with Crippen molar-refractivity contribution >= 4 is 25.8 Å². The second kappa shape index (κ2) is 4.64. The maximum atomic E-state index is 2.41. The molecule has 0 N–H and O–H groups in total. The fourth-order valence-corrected chi connectivity index (χ4v) is 5.92. The summed E-state index contributed by atoms with van der Waals surface area (Å²) in [7, 11) is -0.795. The molecule has 0 saturated carbocycles. The van der Waals surface area contributed by atoms with E-state index in [1.165, 1.54) is 18.1 Å². The quantitative estimate of drug-likeness (QED) is 0.540. The van der Waals surface area contributed by atoms with Gasteiger partial charge in [-0.2, -0.15) is 0 Å². The summed E-state index contributed by atoms with van der Waals surface area (Å²) >= 11 is 2.41. The zero-order valence-corrected chi connectivity index (χ0v) is 9.20. The van der Waals surface area contributed by atoms with E-state index >= 15 is 0 Å². The van der Waals surface area contributed by atoms with E-state index in [1.807, 2.05) is 0 Å². The van der Waals surface area contributed by atoms with Crippen molar-refractivity contribution in [2.75, 3.05) is 0 Å². The molecular weight excluding hydrogens is 131 g/mol. The molecule has 0 radical (unpaired) electrons. The van der Waals surface area contributed by atoms with Crippen LogP contribution in [0.5, 0.6) is 0 Å². The molecule has 0 aromatic rings. The van der Waals surface area contributed by atoms with Gasteiger partial charge in [-0.15, -0.1) is 0 Å². The van der Waals surface area contributed by atoms with Crippen LogP contribution >= 0.6 is 0 Å². The van der Waals surface area contributed by atoms with Crippen LogP contribution in [0.3, 0.4) is 0 Å². The molecule has 0 spiro atoms. The van der Waals surface area contributed by atoms with Gasteiger partial charge >= 0.3 is 75.8 Å². The molecular formula is C8H19LiSi. The number of hydrogen-bond acceptors (Lipinski definition) is 0. The van der Waals surface area contributed by atoms with Crippen LogP contribution in [0.2, 0.25) is 22.3 Å². The van der Waals surface area contributed by atoms with Crippen molar-refractivity contribution in [3.63, 3.8) is 0 Å². The molecule has 56 valence electrons. The van der Waals surface area contributed by atoms with Crippen LogP contribution in [0.1, 0.15) is 27.7 Å². The molecule has 0 bridgehead atoms. The van der Waals surface area contributed by atoms with Crippen LogP contribution in [0.25, 0.3) is 0 Å². The second-order valence-corrected chi connectivity index (χ2v) is 9.58. The van der Waals surface area contributed by atoms with Crippen molar-refractivity contribution in [3.05, 3.63) is 0 Å². The Morgan fingerprint density at radius 1 is 1.10 bits per heavy atom. The number of hydrogen-bond donors (Lipinski definition) is 0. The molecule has 10 heavy (non-hydrogen) atoms. The summed E-state index contributed by atoms with van der Waals surface area (Å²) in [5.74, 6) is 0. The van der Waals surface area contributed by atoms with Gasteiger partial charge < -0.3 is 0 Å². The monoisotopic (exact) mass is 150 g/mol. The summed E-state index contributed by atoms with van der Waals surface area (Å²) in [4.78, 5) is 0. The Morgan fingerprint density at radius 2 is 1.40 bits per heavy atom. The predicted octanol–water partition coefficient (Wildman–Crippen LogP) is 3.01. The first kappa shape index (κ1) is 10.8. The standard InChI is InChI=1S/C8H19Si.Li/c1-5-9(6-2,7-3)8-4;/h5H,6-8H2,1-4H3;. The Bertz CT molecular complexity index is 79.0. The van der Waals surface area contributed by atoms with Crippen LogP contribution in [0, 0.1) is 0 Å². The topological polar surface area (TPSA) is 0 Å². The summed E-state index contributed by atoms with van der Waals surface area (Å²) in [6.07, 6.45) is 0. The van der Waals surface area contributed by atoms with Gasteiger partial charge in [-0.05, 0) is 0 Å². The predicted molar refractivity (Wildman–Crippen MR) is 52.4 cm³/mol. The van der Waals surface area contributed by atoms with Gasteiger partial charge in [0.2, 0.25) is 0 Å². The van der Waals surface area contributed by atoms with Crippen molar-refractivity contribution in [2.45, 2.75) is 50.0 Å². The molecule has 0 aliphatic carbocycles. The SMILES string of the molecule is [Li][CH](C)[Si](CC)(CC)CC. The molecule has 0 nitrogen and oxygen atoms in total. The van der Waals surface area contributed by atoms with E-state index in [-0.39, 0.29) is 0 Å². The molecule has 0 amide bonds. The van der Waals surface area contributed by atoms with E-state index in [4.69, 9.17) is 0 Å². The Kier molecular flexibility index (Phi) is 5.02. The van der Waals surface area contributed by atoms with Crippen molar-refractivity contribution in [1.29, 1.82) is 0 Å². The molecule has 0 saturated heterocycles. The van der Waals surface area contributed by atoms with E-state index < -0.39 is 8.07 Å². The van der Waals surface area contributed by atoms with E-state index in [9.17, 15) is 0 Å². The Hall–Kier alpha value is 0.814. The van der Waals surface area contributed by atoms with Crippen molar-refractivity contribution in [2.24, 2.45) is 0 Å². The first-order valence-electron chi connectivity index (χ1n) is 4.63. The molecule has 0 fully saturated rings. The van der Waals surface area contributed by atoms with Crippen LogP contribution in [0.4, 0.5) is 0 Å². The van der Waals surface area contributed by atoms with Gasteiger partial charge in [-0.25, -0.2) is 0 Å². The summed E-state index contributed by atoms with van der Waals surface area (Å²) in [6, 6.07) is 4.41. The van der Waals surface area contributed by atoms with Crippen LogP contribution in [0.15, 0.2) is 0 Å². The van der Waals surface area contributed by atoms with Gasteiger partial charge in [-0.3, -0.25) is 0 Å². The van der Waals surface area contributed by atoms with Crippen molar-refractivity contribution in [3.8, 4) is 0 Å². The molecule has 0 aromatic heterocycles. The molecule has 0 aromatic carbocycles. The maximum absolute atomic E-state index is 2.41. The molecule has 1 atom stereocenters. The van der Waals surface area contributed by atoms with Gasteiger partial charge in [0.1, 0.15) is 0 Å². The Morgan fingerprint density at radius 3 is 1.40 bits per heavy atom. The third-order valence-electron chi connectivity index (χ3n) is 3.34. The zero-order chi connectivity index (χ0) is 8.20. The average molecular weight is 150 g/mol. The zero-order valence-electron chi connectivity index (χ0n) is 8.20. The molecule has 0 aliphatic rings. The van der Waals surface area contributed by atoms with E-state index in [1.54, 1.807) is 0 Å². The van der Waals surface area contributed by atoms with Gasteiger partial charge in [0.05, 0.1) is 0 Å². The summed E-state index contributed by atoms with van der Waals surface area (Å²) in [6.45, 7) is 9.53. The van der Waals surface area contributed by atoms with Gasteiger partial charge in [0, 0.05) is 0 Å². The van der Waals surface area contributed by atoms with E-state index in [2.05, 4.69) is 45.4 Å². The molecule has 1 unspecified atom stereocenters. The molecule has 0 aliphatic heterocycles. The van der Waals surface area contributed by atoms with Gasteiger partial charge in [0.15, 0.2) is 0 Å². The summed E-state index contributed by atoms with van der Waals surface area (Å²) < 4.78 is 0.979. The third-order valence-corrected chi connectivity index (χ3v) is 10.0. The van der Waals surface area contributed by atoms with Gasteiger partial charge in [-0.1, -0.05) is 0 Å². The third kappa shape index (κ3) is 2.15. The average Bonchev–Trinajstić information content (AvgIpc) is 1.92. The number of rotatable bonds is 4. The van der Waals surface area contributed by atoms with Gasteiger partial charge in [0.25, 0.3) is 0 Å². The van der Waals surface area contributed by atoms with Crippen LogP contribution in [-0.4, -0.2) is 25.8 Å². The fourth-order valence-electron chi connectivity index (χ4n) is 1.97. The van der Waals surface area contributed by atoms with E-state index in [0.29, 0.717) is 0 Å². The Labute approximate surface area is 76.0 Å². The molecule has 0 heterocycles. The first-order chi connectivity index (χ1) is 4.63. The van der Waals surface area contributed by atoms with Crippen LogP contribution in [-0.2, 0) is 0 Å². The normalized spacial score (nSPS) is 15.4. The molecule has 0 rings (SSSR count). The second-order valence-electron chi connectivity index (χ2n) is 3.58. The summed E-state index contributed by atoms with van der Waals surface area (Å²) in [5.41, 5.74) is 0. The van der Waals surface area contributed by atoms with Crippen LogP contribution < -0.4 is 0 Å². The van der Waals surface area contributed by atoms with E-state index in [0.717, 1.165) is 4.21 Å². The summed E-state index contributed by atoms with van der Waals surface area (Å²) in [5, 5.41) is 0. The minimum absolute atomic E-state index is 0.795. The Balaban J connectivity index is 4.15. The first-order valence-corrected chi connectivity index (χ1v) is 7.32. The fraction of sp³-hybridized carbons (Fsp3) is 1.00. The van der Waals surface area contributed by atoms with Crippen molar-refractivity contribution < 1.29 is 0 Å². The molecule has 2 heteroatoms. The van der Waals surface area contributed by atoms with Crippen molar-refractivity contribution in [1.82, 2.24) is 0 Å². The minimum atomic E-state index is -0.795.